The number of halogens is 1. The van der Waals surface area contributed by atoms with Crippen LogP contribution in [-0.2, 0) is 6.42 Å². The van der Waals surface area contributed by atoms with Crippen molar-refractivity contribution < 1.29 is 9.84 Å². The highest BCUT2D eigenvalue weighted by atomic mass is 79.9. The quantitative estimate of drug-likeness (QED) is 0.892. The van der Waals surface area contributed by atoms with Gasteiger partial charge in [-0.2, -0.15) is 0 Å². The van der Waals surface area contributed by atoms with E-state index in [9.17, 15) is 5.11 Å². The number of rotatable bonds is 5. The van der Waals surface area contributed by atoms with Crippen molar-refractivity contribution in [2.45, 2.75) is 19.4 Å². The maximum absolute atomic E-state index is 9.71. The third-order valence-corrected chi connectivity index (χ3v) is 4.04. The Balaban J connectivity index is 2.00. The third kappa shape index (κ3) is 3.57. The zero-order valence-corrected chi connectivity index (χ0v) is 12.5. The summed E-state index contributed by atoms with van der Waals surface area (Å²) in [7, 11) is 0. The zero-order valence-electron chi connectivity index (χ0n) is 10.1. The smallest absolute Gasteiger partial charge is 0.125 e. The fourth-order valence-corrected chi connectivity index (χ4v) is 2.76. The molecule has 1 unspecified atom stereocenters. The minimum absolute atomic E-state index is 0.528. The van der Waals surface area contributed by atoms with Gasteiger partial charge in [-0.1, -0.05) is 22.0 Å². The maximum atomic E-state index is 9.71. The summed E-state index contributed by atoms with van der Waals surface area (Å²) in [5.74, 6) is 0.754. The second-order valence-electron chi connectivity index (χ2n) is 4.04. The van der Waals surface area contributed by atoms with Crippen molar-refractivity contribution in [2.75, 3.05) is 6.61 Å². The first kappa shape index (κ1) is 13.6. The molecule has 0 amide bonds. The third-order valence-electron chi connectivity index (χ3n) is 2.61. The van der Waals surface area contributed by atoms with Crippen LogP contribution in [0.5, 0.6) is 5.75 Å². The van der Waals surface area contributed by atoms with Crippen molar-refractivity contribution in [3.63, 3.8) is 0 Å². The van der Waals surface area contributed by atoms with Crippen molar-refractivity contribution in [1.29, 1.82) is 0 Å². The van der Waals surface area contributed by atoms with E-state index in [0.29, 0.717) is 6.61 Å². The minimum Gasteiger partial charge on any atom is -0.493 e. The molecule has 0 fully saturated rings. The first-order chi connectivity index (χ1) is 8.66. The lowest BCUT2D eigenvalue weighted by molar-refractivity contribution is 0.191. The van der Waals surface area contributed by atoms with Gasteiger partial charge in [-0.25, -0.2) is 0 Å². The number of hydrogen-bond acceptors (Lipinski definition) is 3. The van der Waals surface area contributed by atoms with Crippen molar-refractivity contribution in [3.8, 4) is 5.75 Å². The first-order valence-electron chi connectivity index (χ1n) is 5.79. The molecule has 0 aliphatic rings. The summed E-state index contributed by atoms with van der Waals surface area (Å²) in [5, 5.41) is 11.8. The summed E-state index contributed by atoms with van der Waals surface area (Å²) < 4.78 is 6.70. The number of aliphatic hydroxyl groups is 1. The molecule has 0 bridgehead atoms. The van der Waals surface area contributed by atoms with Gasteiger partial charge in [0, 0.05) is 21.3 Å². The highest BCUT2D eigenvalue weighted by Gasteiger charge is 2.09. The molecular weight excluding hydrogens is 312 g/mol. The molecule has 0 aliphatic carbocycles. The molecule has 0 spiro atoms. The summed E-state index contributed by atoms with van der Waals surface area (Å²) in [6.45, 7) is 2.37. The molecule has 1 N–H and O–H groups in total. The Labute approximate surface area is 119 Å². The van der Waals surface area contributed by atoms with Gasteiger partial charge in [0.2, 0.25) is 0 Å². The van der Waals surface area contributed by atoms with E-state index in [-0.39, 0.29) is 0 Å². The molecule has 1 heterocycles. The van der Waals surface area contributed by atoms with Crippen LogP contribution in [0.1, 0.15) is 23.5 Å². The lowest BCUT2D eigenvalue weighted by atomic mass is 10.1. The average Bonchev–Trinajstić information content (AvgIpc) is 2.84. The van der Waals surface area contributed by atoms with Gasteiger partial charge in [0.05, 0.1) is 12.7 Å². The van der Waals surface area contributed by atoms with Crippen molar-refractivity contribution in [2.24, 2.45) is 0 Å². The minimum atomic E-state index is -0.528. The van der Waals surface area contributed by atoms with Crippen molar-refractivity contribution in [3.05, 3.63) is 50.6 Å². The molecule has 1 atom stereocenters. The predicted molar refractivity (Wildman–Crippen MR) is 78.3 cm³/mol. The van der Waals surface area contributed by atoms with Gasteiger partial charge < -0.3 is 9.84 Å². The van der Waals surface area contributed by atoms with Crippen LogP contribution in [0.25, 0.3) is 0 Å². The largest absolute Gasteiger partial charge is 0.493 e. The Morgan fingerprint density at radius 1 is 1.39 bits per heavy atom. The Morgan fingerprint density at radius 2 is 2.22 bits per heavy atom. The Kier molecular flexibility index (Phi) is 4.80. The Morgan fingerprint density at radius 3 is 2.89 bits per heavy atom. The highest BCUT2D eigenvalue weighted by Crippen LogP contribution is 2.28. The van der Waals surface area contributed by atoms with Crippen LogP contribution >= 0.6 is 27.3 Å². The van der Waals surface area contributed by atoms with Crippen LogP contribution in [0.2, 0.25) is 0 Å². The van der Waals surface area contributed by atoms with E-state index in [4.69, 9.17) is 4.74 Å². The van der Waals surface area contributed by atoms with Crippen LogP contribution in [-0.4, -0.2) is 11.7 Å². The van der Waals surface area contributed by atoms with E-state index in [1.807, 2.05) is 24.3 Å². The van der Waals surface area contributed by atoms with Crippen LogP contribution in [0, 0.1) is 0 Å². The molecule has 0 aliphatic heterocycles. The summed E-state index contributed by atoms with van der Waals surface area (Å²) in [6.07, 6.45) is 0.367. The molecular formula is C14H15BrO2S. The van der Waals surface area contributed by atoms with Crippen LogP contribution in [0.3, 0.4) is 0 Å². The van der Waals surface area contributed by atoms with Crippen LogP contribution in [0.4, 0.5) is 0 Å². The molecule has 2 aromatic rings. The monoisotopic (exact) mass is 326 g/mol. The fraction of sp³-hybridized carbons (Fsp3) is 0.286. The Hall–Kier alpha value is -0.840. The van der Waals surface area contributed by atoms with Crippen molar-refractivity contribution in [1.82, 2.24) is 0 Å². The highest BCUT2D eigenvalue weighted by molar-refractivity contribution is 9.10. The van der Waals surface area contributed by atoms with E-state index in [1.165, 1.54) is 4.88 Å². The molecule has 1 aromatic heterocycles. The molecule has 0 saturated heterocycles. The van der Waals surface area contributed by atoms with E-state index in [1.54, 1.807) is 18.3 Å². The first-order valence-corrected chi connectivity index (χ1v) is 7.47. The lowest BCUT2D eigenvalue weighted by Crippen LogP contribution is -2.04. The number of ether oxygens (including phenoxy) is 1. The molecule has 0 saturated carbocycles. The predicted octanol–water partition coefficient (Wildman–Crippen LogP) is 4.19. The summed E-state index contributed by atoms with van der Waals surface area (Å²) in [6, 6.07) is 9.85. The Bertz CT molecular complexity index is 495. The molecule has 1 aromatic carbocycles. The van der Waals surface area contributed by atoms with E-state index < -0.39 is 6.10 Å². The lowest BCUT2D eigenvalue weighted by Gasteiger charge is -2.13. The van der Waals surface area contributed by atoms with E-state index in [0.717, 1.165) is 22.2 Å². The van der Waals surface area contributed by atoms with Gasteiger partial charge in [0.25, 0.3) is 0 Å². The van der Waals surface area contributed by atoms with Crippen LogP contribution in [0.15, 0.2) is 40.2 Å². The molecule has 4 heteroatoms. The standard InChI is InChI=1S/C14H15BrO2S/c1-10(16)13-9-11(15)4-5-14(13)17-7-6-12-3-2-8-18-12/h2-5,8-10,16H,6-7H2,1H3. The molecule has 96 valence electrons. The molecule has 18 heavy (non-hydrogen) atoms. The van der Waals surface area contributed by atoms with Gasteiger partial charge in [0.1, 0.15) is 5.75 Å². The van der Waals surface area contributed by atoms with E-state index in [2.05, 4.69) is 27.4 Å². The second kappa shape index (κ2) is 6.36. The molecule has 0 radical (unpaired) electrons. The van der Waals surface area contributed by atoms with Crippen molar-refractivity contribution >= 4 is 27.3 Å². The second-order valence-corrected chi connectivity index (χ2v) is 5.98. The fourth-order valence-electron chi connectivity index (χ4n) is 1.69. The zero-order chi connectivity index (χ0) is 13.0. The summed E-state index contributed by atoms with van der Waals surface area (Å²) in [4.78, 5) is 1.31. The molecule has 2 rings (SSSR count). The van der Waals surface area contributed by atoms with E-state index >= 15 is 0 Å². The SMILES string of the molecule is CC(O)c1cc(Br)ccc1OCCc1cccs1. The average molecular weight is 327 g/mol. The van der Waals surface area contributed by atoms with Crippen LogP contribution < -0.4 is 4.74 Å². The number of benzene rings is 1. The van der Waals surface area contributed by atoms with Gasteiger partial charge in [0.15, 0.2) is 0 Å². The summed E-state index contributed by atoms with van der Waals surface area (Å²) in [5.41, 5.74) is 0.815. The topological polar surface area (TPSA) is 29.5 Å². The maximum Gasteiger partial charge on any atom is 0.125 e. The number of hydrogen-bond donors (Lipinski definition) is 1. The number of thiophene rings is 1. The normalized spacial score (nSPS) is 12.4. The van der Waals surface area contributed by atoms with Gasteiger partial charge in [-0.05, 0) is 36.6 Å². The molecule has 2 nitrogen and oxygen atoms in total. The van der Waals surface area contributed by atoms with Gasteiger partial charge >= 0.3 is 0 Å². The van der Waals surface area contributed by atoms with Gasteiger partial charge in [-0.3, -0.25) is 0 Å². The number of aliphatic hydroxyl groups excluding tert-OH is 1. The summed E-state index contributed by atoms with van der Waals surface area (Å²) >= 11 is 5.13. The van der Waals surface area contributed by atoms with Gasteiger partial charge in [-0.15, -0.1) is 11.3 Å².